The molecule has 2 aromatic rings. The van der Waals surface area contributed by atoms with Crippen LogP contribution in [0.15, 0.2) is 42.6 Å². The summed E-state index contributed by atoms with van der Waals surface area (Å²) in [6.07, 6.45) is 1.59. The second-order valence-corrected chi connectivity index (χ2v) is 6.91. The molecular weight excluding hydrogens is 354 g/mol. The molecule has 0 saturated heterocycles. The van der Waals surface area contributed by atoms with Gasteiger partial charge in [-0.3, -0.25) is 14.5 Å². The largest absolute Gasteiger partial charge is 0.464 e. The van der Waals surface area contributed by atoms with Crippen molar-refractivity contribution in [2.45, 2.75) is 39.0 Å². The van der Waals surface area contributed by atoms with Crippen LogP contribution in [0.25, 0.3) is 0 Å². The van der Waals surface area contributed by atoms with E-state index in [1.807, 2.05) is 32.0 Å². The van der Waals surface area contributed by atoms with E-state index in [1.165, 1.54) is 11.8 Å². The van der Waals surface area contributed by atoms with Crippen LogP contribution in [0.1, 0.15) is 26.3 Å². The summed E-state index contributed by atoms with van der Waals surface area (Å²) in [6, 6.07) is 10.4. The van der Waals surface area contributed by atoms with Crippen LogP contribution in [0.5, 0.6) is 5.75 Å². The molecule has 136 valence electrons. The second-order valence-electron chi connectivity index (χ2n) is 6.50. The van der Waals surface area contributed by atoms with Gasteiger partial charge in [-0.05, 0) is 44.5 Å². The summed E-state index contributed by atoms with van der Waals surface area (Å²) in [5.41, 5.74) is -0.918. The van der Waals surface area contributed by atoms with Gasteiger partial charge in [-0.1, -0.05) is 29.8 Å². The lowest BCUT2D eigenvalue weighted by Crippen LogP contribution is -2.63. The molecule has 0 bridgehead atoms. The van der Waals surface area contributed by atoms with E-state index in [4.69, 9.17) is 16.3 Å². The van der Waals surface area contributed by atoms with Crippen LogP contribution < -0.4 is 15.0 Å². The van der Waals surface area contributed by atoms with Crippen LogP contribution in [0.4, 0.5) is 5.82 Å². The van der Waals surface area contributed by atoms with E-state index >= 15 is 0 Å². The van der Waals surface area contributed by atoms with Crippen molar-refractivity contribution in [1.29, 1.82) is 0 Å². The topological polar surface area (TPSA) is 71.5 Å². The lowest BCUT2D eigenvalue weighted by Gasteiger charge is -2.40. The molecule has 7 heteroatoms. The Labute approximate surface area is 157 Å². The molecule has 0 aliphatic carbocycles. The number of amides is 2. The average molecular weight is 374 g/mol. The fourth-order valence-electron chi connectivity index (χ4n) is 2.84. The maximum atomic E-state index is 13.0. The number of aromatic nitrogens is 1. The molecule has 2 amide bonds. The number of hydrogen-bond donors (Lipinski definition) is 1. The molecule has 1 aromatic heterocycles. The van der Waals surface area contributed by atoms with Gasteiger partial charge in [0, 0.05) is 23.8 Å². The van der Waals surface area contributed by atoms with Crippen molar-refractivity contribution >= 4 is 29.2 Å². The molecule has 2 heterocycles. The lowest BCUT2D eigenvalue weighted by molar-refractivity contribution is -0.148. The van der Waals surface area contributed by atoms with Crippen molar-refractivity contribution in [1.82, 2.24) is 10.3 Å². The minimum Gasteiger partial charge on any atom is -0.464 e. The maximum absolute atomic E-state index is 13.0. The first-order chi connectivity index (χ1) is 12.3. The van der Waals surface area contributed by atoms with Gasteiger partial charge in [0.2, 0.25) is 0 Å². The number of pyridine rings is 1. The smallest absolute Gasteiger partial charge is 0.282 e. The summed E-state index contributed by atoms with van der Waals surface area (Å²) in [6.45, 7) is 5.41. The molecule has 0 spiro atoms. The van der Waals surface area contributed by atoms with Gasteiger partial charge in [0.1, 0.15) is 0 Å². The number of hydrogen-bond acceptors (Lipinski definition) is 4. The molecule has 3 rings (SSSR count). The Bertz CT molecular complexity index is 855. The van der Waals surface area contributed by atoms with E-state index in [1.54, 1.807) is 24.4 Å². The zero-order valence-electron chi connectivity index (χ0n) is 14.8. The predicted octanol–water partition coefficient (Wildman–Crippen LogP) is 2.94. The minimum absolute atomic E-state index is 0.171. The van der Waals surface area contributed by atoms with Crippen molar-refractivity contribution < 1.29 is 14.3 Å². The molecule has 1 atom stereocenters. The molecule has 1 aromatic carbocycles. The molecule has 0 saturated carbocycles. The monoisotopic (exact) mass is 373 g/mol. The summed E-state index contributed by atoms with van der Waals surface area (Å²) in [5, 5.41) is 3.30. The molecular formula is C19H20ClN3O3. The predicted molar refractivity (Wildman–Crippen MR) is 99.2 cm³/mol. The highest BCUT2D eigenvalue weighted by atomic mass is 35.5. The summed E-state index contributed by atoms with van der Waals surface area (Å²) in [4.78, 5) is 31.6. The molecule has 1 aliphatic heterocycles. The fourth-order valence-corrected chi connectivity index (χ4v) is 3.04. The van der Waals surface area contributed by atoms with Gasteiger partial charge in [-0.2, -0.15) is 0 Å². The van der Waals surface area contributed by atoms with Gasteiger partial charge in [-0.25, -0.2) is 4.98 Å². The molecule has 0 radical (unpaired) electrons. The van der Waals surface area contributed by atoms with Crippen molar-refractivity contribution in [3.63, 3.8) is 0 Å². The Morgan fingerprint density at radius 3 is 2.73 bits per heavy atom. The number of halogens is 1. The summed E-state index contributed by atoms with van der Waals surface area (Å²) < 4.78 is 5.79. The Morgan fingerprint density at radius 1 is 1.31 bits per heavy atom. The third kappa shape index (κ3) is 3.12. The van der Waals surface area contributed by atoms with E-state index in [-0.39, 0.29) is 12.6 Å². The third-order valence-corrected chi connectivity index (χ3v) is 4.64. The number of nitrogens with one attached hydrogen (secondary N) is 1. The van der Waals surface area contributed by atoms with Gasteiger partial charge in [0.25, 0.3) is 17.4 Å². The van der Waals surface area contributed by atoms with Crippen LogP contribution in [-0.4, -0.2) is 28.4 Å². The van der Waals surface area contributed by atoms with Crippen molar-refractivity contribution in [2.75, 3.05) is 4.90 Å². The Morgan fingerprint density at radius 2 is 2.04 bits per heavy atom. The first kappa shape index (κ1) is 18.2. The number of anilines is 1. The highest BCUT2D eigenvalue weighted by Crippen LogP contribution is 2.37. The highest BCUT2D eigenvalue weighted by molar-refractivity contribution is 6.31. The van der Waals surface area contributed by atoms with E-state index in [2.05, 4.69) is 10.3 Å². The van der Waals surface area contributed by atoms with E-state index in [9.17, 15) is 9.59 Å². The zero-order valence-corrected chi connectivity index (χ0v) is 15.6. The number of carbonyl (C=O) groups excluding carboxylic acids is 2. The molecule has 0 fully saturated rings. The fraction of sp³-hybridized carbons (Fsp3) is 0.316. The molecule has 26 heavy (non-hydrogen) atoms. The van der Waals surface area contributed by atoms with Gasteiger partial charge in [-0.15, -0.1) is 0 Å². The summed E-state index contributed by atoms with van der Waals surface area (Å²) in [7, 11) is 0. The SMILES string of the molecule is CC(C)N1C(=O)[C@](C)(C(=O)NCc2ccccc2Cl)Oc2cccnc21. The number of rotatable bonds is 4. The summed E-state index contributed by atoms with van der Waals surface area (Å²) in [5.74, 6) is -0.155. The Kier molecular flexibility index (Phi) is 4.87. The first-order valence-corrected chi connectivity index (χ1v) is 8.72. The Hall–Kier alpha value is -2.60. The highest BCUT2D eigenvalue weighted by Gasteiger charge is 2.51. The van der Waals surface area contributed by atoms with E-state index < -0.39 is 17.4 Å². The molecule has 1 aliphatic rings. The first-order valence-electron chi connectivity index (χ1n) is 8.34. The maximum Gasteiger partial charge on any atom is 0.282 e. The number of carbonyl (C=O) groups is 2. The van der Waals surface area contributed by atoms with Crippen molar-refractivity contribution in [2.24, 2.45) is 0 Å². The average Bonchev–Trinajstić information content (AvgIpc) is 2.61. The number of ether oxygens (including phenoxy) is 1. The quantitative estimate of drug-likeness (QED) is 0.836. The molecule has 0 unspecified atom stereocenters. The van der Waals surface area contributed by atoms with Crippen LogP contribution in [0.2, 0.25) is 5.02 Å². The normalized spacial score (nSPS) is 19.1. The van der Waals surface area contributed by atoms with E-state index in [0.717, 1.165) is 5.56 Å². The lowest BCUT2D eigenvalue weighted by atomic mass is 9.99. The second kappa shape index (κ2) is 6.96. The standard InChI is InChI=1S/C19H20ClN3O3/c1-12(2)23-16-15(9-6-10-21-16)26-19(3,18(23)25)17(24)22-11-13-7-4-5-8-14(13)20/h4-10,12H,11H2,1-3H3,(H,22,24)/t19-/m0/s1. The van der Waals surface area contributed by atoms with Crippen molar-refractivity contribution in [3.05, 3.63) is 53.2 Å². The molecule has 1 N–H and O–H groups in total. The minimum atomic E-state index is -1.68. The number of fused-ring (bicyclic) bond motifs is 1. The molecule has 6 nitrogen and oxygen atoms in total. The zero-order chi connectivity index (χ0) is 18.9. The summed E-state index contributed by atoms with van der Waals surface area (Å²) >= 11 is 6.12. The van der Waals surface area contributed by atoms with Crippen LogP contribution >= 0.6 is 11.6 Å². The van der Waals surface area contributed by atoms with Crippen LogP contribution in [0, 0.1) is 0 Å². The number of benzene rings is 1. The van der Waals surface area contributed by atoms with E-state index in [0.29, 0.717) is 16.6 Å². The van der Waals surface area contributed by atoms with Crippen molar-refractivity contribution in [3.8, 4) is 5.75 Å². The van der Waals surface area contributed by atoms with Crippen LogP contribution in [0.3, 0.4) is 0 Å². The Balaban J connectivity index is 1.87. The third-order valence-electron chi connectivity index (χ3n) is 4.27. The van der Waals surface area contributed by atoms with Gasteiger partial charge in [0.15, 0.2) is 11.6 Å². The van der Waals surface area contributed by atoms with Gasteiger partial charge >= 0.3 is 0 Å². The van der Waals surface area contributed by atoms with Crippen LogP contribution in [-0.2, 0) is 16.1 Å². The van der Waals surface area contributed by atoms with Gasteiger partial charge < -0.3 is 10.1 Å². The van der Waals surface area contributed by atoms with Gasteiger partial charge in [0.05, 0.1) is 0 Å². The number of nitrogens with zero attached hydrogens (tertiary/aromatic N) is 2.